The number of ether oxygens (including phenoxy) is 1. The second-order valence-electron chi connectivity index (χ2n) is 5.94. The monoisotopic (exact) mass is 240 g/mol. The van der Waals surface area contributed by atoms with Crippen LogP contribution in [0.4, 0.5) is 0 Å². The number of nitrogens with zero attached hydrogens (tertiary/aromatic N) is 1. The topological polar surface area (TPSA) is 24.5 Å². The molecule has 17 heavy (non-hydrogen) atoms. The van der Waals surface area contributed by atoms with Gasteiger partial charge in [0.2, 0.25) is 0 Å². The van der Waals surface area contributed by atoms with Gasteiger partial charge in [-0.25, -0.2) is 0 Å². The molecule has 0 bridgehead atoms. The number of rotatable bonds is 5. The molecule has 2 rings (SSSR count). The molecule has 2 fully saturated rings. The van der Waals surface area contributed by atoms with E-state index in [1.807, 2.05) is 7.11 Å². The van der Waals surface area contributed by atoms with Crippen molar-refractivity contribution in [3.05, 3.63) is 0 Å². The van der Waals surface area contributed by atoms with E-state index in [1.54, 1.807) is 0 Å². The molecule has 0 amide bonds. The lowest BCUT2D eigenvalue weighted by molar-refractivity contribution is -0.0804. The van der Waals surface area contributed by atoms with Gasteiger partial charge in [0.15, 0.2) is 0 Å². The van der Waals surface area contributed by atoms with Gasteiger partial charge in [-0.1, -0.05) is 6.92 Å². The van der Waals surface area contributed by atoms with Crippen LogP contribution in [0.15, 0.2) is 0 Å². The largest absolute Gasteiger partial charge is 0.377 e. The average molecular weight is 240 g/mol. The quantitative estimate of drug-likeness (QED) is 0.794. The maximum Gasteiger partial charge on any atom is 0.0777 e. The van der Waals surface area contributed by atoms with Crippen molar-refractivity contribution in [3.63, 3.8) is 0 Å². The van der Waals surface area contributed by atoms with Gasteiger partial charge in [0.1, 0.15) is 0 Å². The Balaban J connectivity index is 1.85. The molecule has 0 aromatic carbocycles. The van der Waals surface area contributed by atoms with E-state index in [4.69, 9.17) is 4.74 Å². The van der Waals surface area contributed by atoms with Crippen molar-refractivity contribution in [2.75, 3.05) is 33.3 Å². The molecule has 1 N–H and O–H groups in total. The maximum atomic E-state index is 5.69. The van der Waals surface area contributed by atoms with Gasteiger partial charge in [-0.05, 0) is 58.2 Å². The molecule has 0 radical (unpaired) electrons. The predicted octanol–water partition coefficient (Wildman–Crippen LogP) is 1.88. The standard InChI is InChI=1S/C14H28N2O/c1-4-15-10-12-6-7-13(12)16-9-5-8-14(2,11-16)17-3/h12-13,15H,4-11H2,1-3H3. The van der Waals surface area contributed by atoms with Crippen LogP contribution in [0.2, 0.25) is 0 Å². The van der Waals surface area contributed by atoms with E-state index in [2.05, 4.69) is 24.1 Å². The van der Waals surface area contributed by atoms with Crippen LogP contribution in [-0.2, 0) is 4.74 Å². The molecule has 3 atom stereocenters. The van der Waals surface area contributed by atoms with Gasteiger partial charge in [-0.15, -0.1) is 0 Å². The first-order valence-electron chi connectivity index (χ1n) is 7.18. The summed E-state index contributed by atoms with van der Waals surface area (Å²) in [5.41, 5.74) is 0.0938. The molecule has 0 aromatic rings. The molecule has 3 nitrogen and oxygen atoms in total. The fraction of sp³-hybridized carbons (Fsp3) is 1.00. The first kappa shape index (κ1) is 13.3. The minimum atomic E-state index is 0.0938. The number of piperidine rings is 1. The molecule has 2 aliphatic rings. The van der Waals surface area contributed by atoms with Gasteiger partial charge < -0.3 is 10.1 Å². The van der Waals surface area contributed by atoms with Crippen LogP contribution in [0, 0.1) is 5.92 Å². The van der Waals surface area contributed by atoms with Crippen LogP contribution < -0.4 is 5.32 Å². The van der Waals surface area contributed by atoms with Gasteiger partial charge >= 0.3 is 0 Å². The van der Waals surface area contributed by atoms with Crippen molar-refractivity contribution >= 4 is 0 Å². The number of nitrogens with one attached hydrogen (secondary N) is 1. The van der Waals surface area contributed by atoms with Crippen LogP contribution >= 0.6 is 0 Å². The van der Waals surface area contributed by atoms with E-state index in [1.165, 1.54) is 38.8 Å². The summed E-state index contributed by atoms with van der Waals surface area (Å²) in [7, 11) is 1.86. The van der Waals surface area contributed by atoms with Gasteiger partial charge in [0, 0.05) is 19.7 Å². The first-order valence-corrected chi connectivity index (χ1v) is 7.18. The summed E-state index contributed by atoms with van der Waals surface area (Å²) in [6.07, 6.45) is 5.28. The average Bonchev–Trinajstić information content (AvgIpc) is 2.28. The Bertz CT molecular complexity index is 246. The molecule has 1 saturated carbocycles. The highest BCUT2D eigenvalue weighted by Crippen LogP contribution is 2.35. The molecule has 0 aromatic heterocycles. The van der Waals surface area contributed by atoms with Gasteiger partial charge in [-0.3, -0.25) is 4.90 Å². The third kappa shape index (κ3) is 3.01. The van der Waals surface area contributed by atoms with E-state index < -0.39 is 0 Å². The Morgan fingerprint density at radius 3 is 2.82 bits per heavy atom. The predicted molar refractivity (Wildman–Crippen MR) is 71.3 cm³/mol. The number of methoxy groups -OCH3 is 1. The van der Waals surface area contributed by atoms with Crippen molar-refractivity contribution in [2.45, 2.75) is 51.2 Å². The summed E-state index contributed by atoms with van der Waals surface area (Å²) in [6, 6.07) is 0.809. The van der Waals surface area contributed by atoms with Crippen LogP contribution in [0.1, 0.15) is 39.5 Å². The molecular formula is C14H28N2O. The fourth-order valence-electron chi connectivity index (χ4n) is 3.29. The van der Waals surface area contributed by atoms with Crippen molar-refractivity contribution < 1.29 is 4.74 Å². The number of hydrogen-bond acceptors (Lipinski definition) is 3. The second kappa shape index (κ2) is 5.68. The second-order valence-corrected chi connectivity index (χ2v) is 5.94. The maximum absolute atomic E-state index is 5.69. The Morgan fingerprint density at radius 1 is 1.41 bits per heavy atom. The van der Waals surface area contributed by atoms with E-state index in [9.17, 15) is 0 Å². The van der Waals surface area contributed by atoms with Gasteiger partial charge in [-0.2, -0.15) is 0 Å². The van der Waals surface area contributed by atoms with Crippen LogP contribution in [-0.4, -0.2) is 49.8 Å². The van der Waals surface area contributed by atoms with Crippen LogP contribution in [0.3, 0.4) is 0 Å². The summed E-state index contributed by atoms with van der Waals surface area (Å²) < 4.78 is 5.69. The molecule has 1 aliphatic carbocycles. The molecule has 1 aliphatic heterocycles. The summed E-state index contributed by atoms with van der Waals surface area (Å²) in [5.74, 6) is 0.870. The highest BCUT2D eigenvalue weighted by atomic mass is 16.5. The van der Waals surface area contributed by atoms with Crippen molar-refractivity contribution in [1.29, 1.82) is 0 Å². The lowest BCUT2D eigenvalue weighted by Gasteiger charge is -2.50. The lowest BCUT2D eigenvalue weighted by atomic mass is 9.77. The lowest BCUT2D eigenvalue weighted by Crippen LogP contribution is -2.57. The Labute approximate surface area is 106 Å². The van der Waals surface area contributed by atoms with E-state index in [-0.39, 0.29) is 5.60 Å². The SMILES string of the molecule is CCNCC1CCC1N1CCCC(C)(OC)C1. The van der Waals surface area contributed by atoms with E-state index in [0.717, 1.165) is 25.0 Å². The normalized spacial score (nSPS) is 39.0. The minimum absolute atomic E-state index is 0.0938. The summed E-state index contributed by atoms with van der Waals surface area (Å²) in [4.78, 5) is 2.68. The zero-order valence-electron chi connectivity index (χ0n) is 11.7. The van der Waals surface area contributed by atoms with Crippen molar-refractivity contribution in [3.8, 4) is 0 Å². The molecule has 100 valence electrons. The van der Waals surface area contributed by atoms with E-state index in [0.29, 0.717) is 0 Å². The summed E-state index contributed by atoms with van der Waals surface area (Å²) in [5, 5.41) is 3.50. The van der Waals surface area contributed by atoms with E-state index >= 15 is 0 Å². The zero-order valence-corrected chi connectivity index (χ0v) is 11.7. The number of likely N-dealkylation sites (tertiary alicyclic amines) is 1. The first-order chi connectivity index (χ1) is 8.18. The van der Waals surface area contributed by atoms with Crippen molar-refractivity contribution in [1.82, 2.24) is 10.2 Å². The minimum Gasteiger partial charge on any atom is -0.377 e. The van der Waals surface area contributed by atoms with Crippen molar-refractivity contribution in [2.24, 2.45) is 5.92 Å². The highest BCUT2D eigenvalue weighted by Gasteiger charge is 2.40. The summed E-state index contributed by atoms with van der Waals surface area (Å²) >= 11 is 0. The Kier molecular flexibility index (Phi) is 4.45. The molecule has 1 saturated heterocycles. The smallest absolute Gasteiger partial charge is 0.0777 e. The Morgan fingerprint density at radius 2 is 2.24 bits per heavy atom. The van der Waals surface area contributed by atoms with Gasteiger partial charge in [0.05, 0.1) is 5.60 Å². The van der Waals surface area contributed by atoms with Crippen LogP contribution in [0.5, 0.6) is 0 Å². The molecular weight excluding hydrogens is 212 g/mol. The summed E-state index contributed by atoms with van der Waals surface area (Å²) in [6.45, 7) is 9.14. The van der Waals surface area contributed by atoms with Gasteiger partial charge in [0.25, 0.3) is 0 Å². The zero-order chi connectivity index (χ0) is 12.3. The third-order valence-corrected chi connectivity index (χ3v) is 4.68. The Hall–Kier alpha value is -0.120. The highest BCUT2D eigenvalue weighted by molar-refractivity contribution is 4.95. The fourth-order valence-corrected chi connectivity index (χ4v) is 3.29. The van der Waals surface area contributed by atoms with Crippen LogP contribution in [0.25, 0.3) is 0 Å². The molecule has 3 unspecified atom stereocenters. The third-order valence-electron chi connectivity index (χ3n) is 4.68. The molecule has 0 spiro atoms. The number of hydrogen-bond donors (Lipinski definition) is 1. The molecule has 3 heteroatoms. The molecule has 1 heterocycles.